The van der Waals surface area contributed by atoms with Crippen LogP contribution in [0.15, 0.2) is 23.3 Å². The first-order valence-electron chi connectivity index (χ1n) is 5.04. The van der Waals surface area contributed by atoms with E-state index < -0.39 is 4.92 Å². The molecule has 1 aromatic carbocycles. The SMILES string of the molecule is Cc1ccc(OCCCN=[N+]=[N-])c([N+](=O)[O-])c1. The number of hydrogen-bond donors (Lipinski definition) is 0. The van der Waals surface area contributed by atoms with Crippen LogP contribution < -0.4 is 4.74 Å². The van der Waals surface area contributed by atoms with Crippen LogP contribution in [0, 0.1) is 17.0 Å². The Bertz CT molecular complexity index is 455. The fourth-order valence-electron chi connectivity index (χ4n) is 1.25. The van der Waals surface area contributed by atoms with Crippen molar-refractivity contribution in [1.82, 2.24) is 0 Å². The lowest BCUT2D eigenvalue weighted by molar-refractivity contribution is -0.385. The van der Waals surface area contributed by atoms with Gasteiger partial charge < -0.3 is 4.74 Å². The maximum Gasteiger partial charge on any atom is 0.311 e. The van der Waals surface area contributed by atoms with Gasteiger partial charge in [0.25, 0.3) is 0 Å². The van der Waals surface area contributed by atoms with Crippen molar-refractivity contribution in [2.24, 2.45) is 5.11 Å². The molecule has 90 valence electrons. The fourth-order valence-corrected chi connectivity index (χ4v) is 1.25. The summed E-state index contributed by atoms with van der Waals surface area (Å²) in [6.07, 6.45) is 0.523. The third kappa shape index (κ3) is 4.00. The van der Waals surface area contributed by atoms with E-state index in [1.165, 1.54) is 6.07 Å². The summed E-state index contributed by atoms with van der Waals surface area (Å²) in [5, 5.41) is 14.1. The normalized spacial score (nSPS) is 9.47. The molecule has 0 aliphatic heterocycles. The van der Waals surface area contributed by atoms with Crippen molar-refractivity contribution in [3.05, 3.63) is 44.3 Å². The third-order valence-electron chi connectivity index (χ3n) is 2.03. The van der Waals surface area contributed by atoms with Crippen LogP contribution in [0.2, 0.25) is 0 Å². The minimum Gasteiger partial charge on any atom is -0.487 e. The monoisotopic (exact) mass is 236 g/mol. The Morgan fingerprint density at radius 3 is 3.00 bits per heavy atom. The van der Waals surface area contributed by atoms with Crippen molar-refractivity contribution in [3.8, 4) is 5.75 Å². The zero-order chi connectivity index (χ0) is 12.7. The van der Waals surface area contributed by atoms with Gasteiger partial charge in [-0.05, 0) is 30.5 Å². The first-order chi connectivity index (χ1) is 8.15. The standard InChI is InChI=1S/C10H12N4O3/c1-8-3-4-10(9(7-8)14(15)16)17-6-2-5-12-13-11/h3-4,7H,2,5-6H2,1H3. The van der Waals surface area contributed by atoms with Crippen LogP contribution in [-0.2, 0) is 0 Å². The second kappa shape index (κ2) is 6.34. The van der Waals surface area contributed by atoms with E-state index in [0.29, 0.717) is 13.0 Å². The van der Waals surface area contributed by atoms with Crippen LogP contribution in [0.5, 0.6) is 5.75 Å². The highest BCUT2D eigenvalue weighted by Gasteiger charge is 2.14. The fraction of sp³-hybridized carbons (Fsp3) is 0.400. The van der Waals surface area contributed by atoms with Crippen molar-refractivity contribution < 1.29 is 9.66 Å². The predicted molar refractivity (Wildman–Crippen MR) is 62.0 cm³/mol. The minimum atomic E-state index is -0.476. The van der Waals surface area contributed by atoms with E-state index in [0.717, 1.165) is 5.56 Å². The smallest absolute Gasteiger partial charge is 0.311 e. The van der Waals surface area contributed by atoms with E-state index in [1.54, 1.807) is 19.1 Å². The molecule has 0 heterocycles. The summed E-state index contributed by atoms with van der Waals surface area (Å²) in [6, 6.07) is 4.78. The molecule has 0 amide bonds. The average Bonchev–Trinajstić information content (AvgIpc) is 2.30. The number of nitrogens with zero attached hydrogens (tertiary/aromatic N) is 4. The molecule has 17 heavy (non-hydrogen) atoms. The maximum absolute atomic E-state index is 10.8. The van der Waals surface area contributed by atoms with Gasteiger partial charge in [0.15, 0.2) is 5.75 Å². The van der Waals surface area contributed by atoms with Crippen LogP contribution in [0.25, 0.3) is 10.4 Å². The third-order valence-corrected chi connectivity index (χ3v) is 2.03. The predicted octanol–water partition coefficient (Wildman–Crippen LogP) is 2.98. The van der Waals surface area contributed by atoms with Crippen LogP contribution in [-0.4, -0.2) is 18.1 Å². The molecule has 0 aliphatic carbocycles. The van der Waals surface area contributed by atoms with Gasteiger partial charge in [0, 0.05) is 17.5 Å². The topological polar surface area (TPSA) is 101 Å². The Hall–Kier alpha value is -2.27. The number of azide groups is 1. The van der Waals surface area contributed by atoms with E-state index >= 15 is 0 Å². The number of ether oxygens (including phenoxy) is 1. The van der Waals surface area contributed by atoms with Gasteiger partial charge >= 0.3 is 5.69 Å². The molecule has 0 atom stereocenters. The van der Waals surface area contributed by atoms with Crippen molar-refractivity contribution >= 4 is 5.69 Å². The number of nitro groups is 1. The molecule has 0 saturated heterocycles. The van der Waals surface area contributed by atoms with E-state index in [1.807, 2.05) is 0 Å². The lowest BCUT2D eigenvalue weighted by atomic mass is 10.2. The van der Waals surface area contributed by atoms with Crippen molar-refractivity contribution in [2.45, 2.75) is 13.3 Å². The zero-order valence-corrected chi connectivity index (χ0v) is 9.37. The van der Waals surface area contributed by atoms with Gasteiger partial charge in [0.2, 0.25) is 0 Å². The number of aryl methyl sites for hydroxylation is 1. The zero-order valence-electron chi connectivity index (χ0n) is 9.37. The van der Waals surface area contributed by atoms with E-state index in [2.05, 4.69) is 10.0 Å². The summed E-state index contributed by atoms with van der Waals surface area (Å²) in [5.74, 6) is 0.238. The number of rotatable bonds is 6. The molecule has 1 rings (SSSR count). The molecule has 0 bridgehead atoms. The van der Waals surface area contributed by atoms with Crippen molar-refractivity contribution in [2.75, 3.05) is 13.2 Å². The van der Waals surface area contributed by atoms with E-state index in [4.69, 9.17) is 10.3 Å². The molecule has 0 saturated carbocycles. The molecule has 0 N–H and O–H groups in total. The summed E-state index contributed by atoms with van der Waals surface area (Å²) in [4.78, 5) is 12.9. The lowest BCUT2D eigenvalue weighted by Gasteiger charge is -2.06. The van der Waals surface area contributed by atoms with Gasteiger partial charge in [0.1, 0.15) is 0 Å². The number of hydrogen-bond acceptors (Lipinski definition) is 4. The van der Waals surface area contributed by atoms with Crippen LogP contribution in [0.3, 0.4) is 0 Å². The summed E-state index contributed by atoms with van der Waals surface area (Å²) in [7, 11) is 0. The summed E-state index contributed by atoms with van der Waals surface area (Å²) in [5.41, 5.74) is 8.81. The van der Waals surface area contributed by atoms with E-state index in [-0.39, 0.29) is 18.0 Å². The Balaban J connectivity index is 2.64. The minimum absolute atomic E-state index is 0.0474. The van der Waals surface area contributed by atoms with E-state index in [9.17, 15) is 10.1 Å². The molecule has 0 radical (unpaired) electrons. The molecular weight excluding hydrogens is 224 g/mol. The maximum atomic E-state index is 10.8. The van der Waals surface area contributed by atoms with Crippen molar-refractivity contribution in [3.63, 3.8) is 0 Å². The molecule has 0 spiro atoms. The van der Waals surface area contributed by atoms with Crippen LogP contribution in [0.4, 0.5) is 5.69 Å². The van der Waals surface area contributed by atoms with Gasteiger partial charge in [-0.3, -0.25) is 10.1 Å². The van der Waals surface area contributed by atoms with Crippen LogP contribution in [0.1, 0.15) is 12.0 Å². The Morgan fingerprint density at radius 2 is 2.35 bits per heavy atom. The Labute approximate surface area is 97.8 Å². The van der Waals surface area contributed by atoms with Gasteiger partial charge in [0.05, 0.1) is 11.5 Å². The van der Waals surface area contributed by atoms with Gasteiger partial charge in [-0.25, -0.2) is 0 Å². The largest absolute Gasteiger partial charge is 0.487 e. The Kier molecular flexibility index (Phi) is 4.77. The number of nitro benzene ring substituents is 1. The van der Waals surface area contributed by atoms with Crippen molar-refractivity contribution in [1.29, 1.82) is 0 Å². The molecule has 7 nitrogen and oxygen atoms in total. The summed E-state index contributed by atoms with van der Waals surface area (Å²) < 4.78 is 5.28. The highest BCUT2D eigenvalue weighted by Crippen LogP contribution is 2.27. The van der Waals surface area contributed by atoms with Gasteiger partial charge in [-0.1, -0.05) is 11.2 Å². The highest BCUT2D eigenvalue weighted by molar-refractivity contribution is 5.48. The molecular formula is C10H12N4O3. The first kappa shape index (κ1) is 12.8. The molecule has 0 unspecified atom stereocenters. The van der Waals surface area contributed by atoms with Gasteiger partial charge in [-0.15, -0.1) is 0 Å². The second-order valence-corrected chi connectivity index (χ2v) is 3.38. The molecule has 0 aromatic heterocycles. The highest BCUT2D eigenvalue weighted by atomic mass is 16.6. The Morgan fingerprint density at radius 1 is 1.59 bits per heavy atom. The summed E-state index contributed by atoms with van der Waals surface area (Å²) in [6.45, 7) is 2.37. The molecule has 0 fully saturated rings. The first-order valence-corrected chi connectivity index (χ1v) is 5.04. The average molecular weight is 236 g/mol. The molecule has 7 heteroatoms. The van der Waals surface area contributed by atoms with Crippen LogP contribution >= 0.6 is 0 Å². The second-order valence-electron chi connectivity index (χ2n) is 3.38. The lowest BCUT2D eigenvalue weighted by Crippen LogP contribution is -2.01. The molecule has 1 aromatic rings. The summed E-state index contributed by atoms with van der Waals surface area (Å²) >= 11 is 0. The molecule has 0 aliphatic rings. The van der Waals surface area contributed by atoms with Gasteiger partial charge in [-0.2, -0.15) is 0 Å². The quantitative estimate of drug-likeness (QED) is 0.189. The number of benzene rings is 1.